The van der Waals surface area contributed by atoms with Gasteiger partial charge in [-0.05, 0) is 0 Å². The van der Waals surface area contributed by atoms with Gasteiger partial charge in [-0.25, -0.2) is 4.98 Å². The maximum atomic E-state index is 5.59. The van der Waals surface area contributed by atoms with Crippen molar-refractivity contribution in [3.05, 3.63) is 16.1 Å². The molecular formula is C12H24N4S. The first kappa shape index (κ1) is 14.6. The van der Waals surface area contributed by atoms with Gasteiger partial charge in [-0.15, -0.1) is 11.3 Å². The number of aromatic nitrogens is 1. The topological polar surface area (TPSA) is 68.2 Å². The van der Waals surface area contributed by atoms with E-state index in [0.717, 1.165) is 30.3 Å². The van der Waals surface area contributed by atoms with Crippen molar-refractivity contribution < 1.29 is 0 Å². The first-order chi connectivity index (χ1) is 7.97. The predicted molar refractivity (Wildman–Crippen MR) is 74.2 cm³/mol. The molecule has 1 rings (SSSR count). The summed E-state index contributed by atoms with van der Waals surface area (Å²) in [5.74, 6) is 0. The average molecular weight is 256 g/mol. The fourth-order valence-electron chi connectivity index (χ4n) is 1.55. The molecule has 1 heterocycles. The molecule has 0 aliphatic heterocycles. The molecule has 0 atom stereocenters. The Morgan fingerprint density at radius 3 is 2.24 bits per heavy atom. The molecule has 0 unspecified atom stereocenters. The van der Waals surface area contributed by atoms with Gasteiger partial charge in [-0.2, -0.15) is 0 Å². The maximum absolute atomic E-state index is 5.59. The minimum absolute atomic E-state index is 0.126. The lowest BCUT2D eigenvalue weighted by Crippen LogP contribution is -2.33. The molecule has 4 N–H and O–H groups in total. The second-order valence-electron chi connectivity index (χ2n) is 5.23. The van der Waals surface area contributed by atoms with Crippen LogP contribution in [0, 0.1) is 0 Å². The van der Waals surface area contributed by atoms with Gasteiger partial charge in [0.05, 0.1) is 12.2 Å². The van der Waals surface area contributed by atoms with Crippen LogP contribution in [0.15, 0.2) is 5.38 Å². The van der Waals surface area contributed by atoms with E-state index < -0.39 is 0 Å². The number of nitrogens with two attached hydrogens (primary N) is 2. The van der Waals surface area contributed by atoms with E-state index in [4.69, 9.17) is 11.5 Å². The lowest BCUT2D eigenvalue weighted by Gasteiger charge is -2.19. The number of hydrogen-bond donors (Lipinski definition) is 2. The Morgan fingerprint density at radius 2 is 1.82 bits per heavy atom. The van der Waals surface area contributed by atoms with Crippen LogP contribution in [0.1, 0.15) is 31.5 Å². The zero-order chi connectivity index (χ0) is 12.9. The molecule has 98 valence electrons. The van der Waals surface area contributed by atoms with E-state index in [1.807, 2.05) is 0 Å². The zero-order valence-electron chi connectivity index (χ0n) is 11.1. The summed E-state index contributed by atoms with van der Waals surface area (Å²) >= 11 is 1.72. The third-order valence-corrected chi connectivity index (χ3v) is 3.40. The van der Waals surface area contributed by atoms with Crippen molar-refractivity contribution in [2.45, 2.75) is 32.7 Å². The summed E-state index contributed by atoms with van der Waals surface area (Å²) in [7, 11) is 0. The summed E-state index contributed by atoms with van der Waals surface area (Å²) in [5.41, 5.74) is 12.5. The lowest BCUT2D eigenvalue weighted by atomic mass is 9.93. The van der Waals surface area contributed by atoms with Gasteiger partial charge in [0.15, 0.2) is 0 Å². The van der Waals surface area contributed by atoms with Crippen molar-refractivity contribution in [1.29, 1.82) is 0 Å². The van der Waals surface area contributed by atoms with E-state index >= 15 is 0 Å². The van der Waals surface area contributed by atoms with Crippen LogP contribution in [-0.2, 0) is 12.0 Å². The Balaban J connectivity index is 2.63. The Morgan fingerprint density at radius 1 is 1.24 bits per heavy atom. The molecule has 0 amide bonds. The highest BCUT2D eigenvalue weighted by Gasteiger charge is 2.18. The van der Waals surface area contributed by atoms with Crippen molar-refractivity contribution in [2.24, 2.45) is 11.5 Å². The molecule has 0 spiro atoms. The standard InChI is InChI=1S/C12H24N4S/c1-12(2,3)10-9-17-11(15-10)8-16(6-4-13)7-5-14/h9H,4-8,13-14H2,1-3H3. The Hall–Kier alpha value is -0.490. The molecule has 0 fully saturated rings. The summed E-state index contributed by atoms with van der Waals surface area (Å²) in [6.45, 7) is 10.5. The van der Waals surface area contributed by atoms with Gasteiger partial charge in [0, 0.05) is 37.0 Å². The lowest BCUT2D eigenvalue weighted by molar-refractivity contribution is 0.280. The molecule has 0 aliphatic rings. The van der Waals surface area contributed by atoms with Crippen LogP contribution in [0.5, 0.6) is 0 Å². The van der Waals surface area contributed by atoms with Gasteiger partial charge in [-0.1, -0.05) is 20.8 Å². The summed E-state index contributed by atoms with van der Waals surface area (Å²) in [6, 6.07) is 0. The van der Waals surface area contributed by atoms with Gasteiger partial charge in [0.1, 0.15) is 5.01 Å². The average Bonchev–Trinajstić information content (AvgIpc) is 2.66. The summed E-state index contributed by atoms with van der Waals surface area (Å²) < 4.78 is 0. The maximum Gasteiger partial charge on any atom is 0.107 e. The van der Waals surface area contributed by atoms with Crippen LogP contribution in [0.25, 0.3) is 0 Å². The molecular weight excluding hydrogens is 232 g/mol. The predicted octanol–water partition coefficient (Wildman–Crippen LogP) is 1.16. The second-order valence-corrected chi connectivity index (χ2v) is 6.17. The Bertz CT molecular complexity index is 323. The highest BCUT2D eigenvalue weighted by molar-refractivity contribution is 7.09. The molecule has 0 saturated heterocycles. The number of hydrogen-bond acceptors (Lipinski definition) is 5. The molecule has 1 aromatic heterocycles. The SMILES string of the molecule is CC(C)(C)c1csc(CN(CCN)CCN)n1. The Labute approximate surface area is 108 Å². The zero-order valence-corrected chi connectivity index (χ0v) is 11.9. The van der Waals surface area contributed by atoms with Crippen molar-refractivity contribution in [1.82, 2.24) is 9.88 Å². The van der Waals surface area contributed by atoms with Crippen LogP contribution in [0.3, 0.4) is 0 Å². The molecule has 5 heteroatoms. The summed E-state index contributed by atoms with van der Waals surface area (Å²) in [5, 5.41) is 3.30. The summed E-state index contributed by atoms with van der Waals surface area (Å²) in [6.07, 6.45) is 0. The van der Waals surface area contributed by atoms with E-state index in [2.05, 4.69) is 36.0 Å². The molecule has 0 aliphatic carbocycles. The minimum Gasteiger partial charge on any atom is -0.329 e. The van der Waals surface area contributed by atoms with Crippen molar-refractivity contribution in [3.8, 4) is 0 Å². The van der Waals surface area contributed by atoms with Crippen LogP contribution < -0.4 is 11.5 Å². The first-order valence-corrected chi connectivity index (χ1v) is 6.92. The van der Waals surface area contributed by atoms with Crippen LogP contribution >= 0.6 is 11.3 Å². The Kier molecular flexibility index (Phi) is 5.52. The monoisotopic (exact) mass is 256 g/mol. The van der Waals surface area contributed by atoms with Gasteiger partial charge in [0.2, 0.25) is 0 Å². The number of thiazole rings is 1. The number of rotatable bonds is 6. The van der Waals surface area contributed by atoms with Crippen molar-refractivity contribution in [2.75, 3.05) is 26.2 Å². The fraction of sp³-hybridized carbons (Fsp3) is 0.750. The third kappa shape index (κ3) is 4.71. The molecule has 0 radical (unpaired) electrons. The van der Waals surface area contributed by atoms with E-state index in [-0.39, 0.29) is 5.41 Å². The molecule has 1 aromatic rings. The minimum atomic E-state index is 0.126. The van der Waals surface area contributed by atoms with Crippen LogP contribution in [-0.4, -0.2) is 36.1 Å². The smallest absolute Gasteiger partial charge is 0.107 e. The van der Waals surface area contributed by atoms with E-state index in [1.165, 1.54) is 0 Å². The molecule has 0 saturated carbocycles. The van der Waals surface area contributed by atoms with Crippen molar-refractivity contribution >= 4 is 11.3 Å². The van der Waals surface area contributed by atoms with Crippen LogP contribution in [0.4, 0.5) is 0 Å². The van der Waals surface area contributed by atoms with Gasteiger partial charge in [0.25, 0.3) is 0 Å². The quantitative estimate of drug-likeness (QED) is 0.801. The van der Waals surface area contributed by atoms with E-state index in [1.54, 1.807) is 11.3 Å². The van der Waals surface area contributed by atoms with Gasteiger partial charge >= 0.3 is 0 Å². The molecule has 4 nitrogen and oxygen atoms in total. The van der Waals surface area contributed by atoms with E-state index in [0.29, 0.717) is 13.1 Å². The van der Waals surface area contributed by atoms with E-state index in [9.17, 15) is 0 Å². The largest absolute Gasteiger partial charge is 0.329 e. The number of nitrogens with zero attached hydrogens (tertiary/aromatic N) is 2. The second kappa shape index (κ2) is 6.44. The molecule has 0 bridgehead atoms. The van der Waals surface area contributed by atoms with Crippen molar-refractivity contribution in [3.63, 3.8) is 0 Å². The first-order valence-electron chi connectivity index (χ1n) is 6.04. The highest BCUT2D eigenvalue weighted by Crippen LogP contribution is 2.24. The highest BCUT2D eigenvalue weighted by atomic mass is 32.1. The van der Waals surface area contributed by atoms with Gasteiger partial charge < -0.3 is 11.5 Å². The van der Waals surface area contributed by atoms with Gasteiger partial charge in [-0.3, -0.25) is 4.90 Å². The molecule has 0 aromatic carbocycles. The third-order valence-electron chi connectivity index (χ3n) is 2.57. The summed E-state index contributed by atoms with van der Waals surface area (Å²) in [4.78, 5) is 6.94. The fourth-order valence-corrected chi connectivity index (χ4v) is 2.62. The normalized spacial score (nSPS) is 12.4. The van der Waals surface area contributed by atoms with Crippen LogP contribution in [0.2, 0.25) is 0 Å². The molecule has 17 heavy (non-hydrogen) atoms.